The monoisotopic (exact) mass is 325 g/mol. The van der Waals surface area contributed by atoms with Gasteiger partial charge in [0, 0.05) is 0 Å². The summed E-state index contributed by atoms with van der Waals surface area (Å²) in [6, 6.07) is 3.74. The average molecular weight is 325 g/mol. The summed E-state index contributed by atoms with van der Waals surface area (Å²) in [7, 11) is 0. The molecule has 1 atom stereocenters. The van der Waals surface area contributed by atoms with E-state index >= 15 is 0 Å². The third kappa shape index (κ3) is 1.67. The van der Waals surface area contributed by atoms with Gasteiger partial charge in [-0.1, -0.05) is 11.6 Å². The Kier molecular flexibility index (Phi) is 2.72. The van der Waals surface area contributed by atoms with E-state index in [0.717, 1.165) is 16.7 Å². The Balaban J connectivity index is 2.80. The normalized spacial score (nSPS) is 11.9. The first-order valence-electron chi connectivity index (χ1n) is 3.61. The predicted octanol–water partition coefficient (Wildman–Crippen LogP) is 3.18. The maximum absolute atomic E-state index is 5.80. The van der Waals surface area contributed by atoms with E-state index < -0.39 is 0 Å². The topological polar surface area (TPSA) is 30.7 Å². The van der Waals surface area contributed by atoms with E-state index in [-0.39, 0.29) is 0 Å². The number of aryl methyl sites for hydroxylation is 1. The molecular weight excluding hydrogens is 319 g/mol. The highest BCUT2D eigenvalue weighted by Gasteiger charge is 2.07. The number of rotatable bonds is 1. The summed E-state index contributed by atoms with van der Waals surface area (Å²) in [5, 5.41) is 4.87. The second-order valence-electron chi connectivity index (χ2n) is 2.58. The van der Waals surface area contributed by atoms with Crippen LogP contribution in [0.5, 0.6) is 0 Å². The molecule has 0 saturated carbocycles. The Morgan fingerprint density at radius 2 is 2.31 bits per heavy atom. The second-order valence-corrected chi connectivity index (χ2v) is 5.01. The lowest BCUT2D eigenvalue weighted by atomic mass is 10.3. The molecule has 0 aliphatic rings. The number of aromatic nitrogens is 3. The van der Waals surface area contributed by atoms with Gasteiger partial charge in [0.25, 0.3) is 0 Å². The lowest BCUT2D eigenvalue weighted by molar-refractivity contribution is 1.00. The van der Waals surface area contributed by atoms with Crippen LogP contribution in [-0.4, -0.2) is 14.5 Å². The van der Waals surface area contributed by atoms with Gasteiger partial charge in [0.15, 0.2) is 0 Å². The summed E-state index contributed by atoms with van der Waals surface area (Å²) in [4.78, 5) is 4.23. The van der Waals surface area contributed by atoms with Gasteiger partial charge in [-0.25, -0.2) is 9.44 Å². The van der Waals surface area contributed by atoms with Crippen molar-refractivity contribution in [1.82, 2.24) is 14.5 Å². The molecule has 0 amide bonds. The van der Waals surface area contributed by atoms with Gasteiger partial charge in [-0.05, 0) is 41.1 Å². The summed E-state index contributed by atoms with van der Waals surface area (Å²) < 4.78 is 1.94. The summed E-state index contributed by atoms with van der Waals surface area (Å²) in [6.07, 6.45) is 0.594. The zero-order valence-electron chi connectivity index (χ0n) is 6.75. The minimum Gasteiger partial charge on any atom is -0.236 e. The zero-order chi connectivity index (χ0) is 9.42. The van der Waals surface area contributed by atoms with Gasteiger partial charge < -0.3 is 0 Å². The molecule has 0 spiro atoms. The molecule has 2 aromatic rings. The van der Waals surface area contributed by atoms with Crippen LogP contribution in [0.15, 0.2) is 12.1 Å². The molecular formula is C7H6ClIN3P. The molecule has 2 heterocycles. The van der Waals surface area contributed by atoms with Crippen molar-refractivity contribution in [1.29, 1.82) is 0 Å². The zero-order valence-corrected chi connectivity index (χ0v) is 10.7. The largest absolute Gasteiger partial charge is 0.236 e. The number of hydrogen-bond acceptors (Lipinski definition) is 2. The molecule has 0 saturated heterocycles. The molecule has 0 fully saturated rings. The maximum Gasteiger partial charge on any atom is 0.129 e. The highest BCUT2D eigenvalue weighted by atomic mass is 127. The van der Waals surface area contributed by atoms with Crippen molar-refractivity contribution in [2.24, 2.45) is 0 Å². The minimum atomic E-state index is 0.520. The molecule has 2 rings (SSSR count). The highest BCUT2D eigenvalue weighted by molar-refractivity contribution is 14.2. The van der Waals surface area contributed by atoms with E-state index in [1.165, 1.54) is 0 Å². The van der Waals surface area contributed by atoms with Crippen molar-refractivity contribution in [2.45, 2.75) is 6.92 Å². The number of halogens is 2. The Hall–Kier alpha value is 0.0700. The fraction of sp³-hybridized carbons (Fsp3) is 0.143. The molecule has 0 N–H and O–H groups in total. The smallest absolute Gasteiger partial charge is 0.129 e. The van der Waals surface area contributed by atoms with Gasteiger partial charge in [-0.3, -0.25) is 0 Å². The molecule has 13 heavy (non-hydrogen) atoms. The van der Waals surface area contributed by atoms with Crippen LogP contribution in [0.25, 0.3) is 11.0 Å². The van der Waals surface area contributed by atoms with Crippen LogP contribution >= 0.6 is 40.0 Å². The van der Waals surface area contributed by atoms with Crippen molar-refractivity contribution in [2.75, 3.05) is 0 Å². The predicted molar refractivity (Wildman–Crippen MR) is 65.0 cm³/mol. The van der Waals surface area contributed by atoms with Gasteiger partial charge in [0.2, 0.25) is 0 Å². The van der Waals surface area contributed by atoms with Gasteiger partial charge in [-0.2, -0.15) is 5.10 Å². The molecule has 0 aliphatic heterocycles. The first-order chi connectivity index (χ1) is 6.22. The SMILES string of the molecule is Cc1nn(PI)c2ccc(Cl)nc12. The fourth-order valence-corrected chi connectivity index (χ4v) is 2.89. The lowest BCUT2D eigenvalue weighted by Crippen LogP contribution is -1.82. The van der Waals surface area contributed by atoms with Crippen molar-refractivity contribution < 1.29 is 0 Å². The van der Waals surface area contributed by atoms with Gasteiger partial charge in [-0.15, -0.1) is 0 Å². The molecule has 0 aliphatic carbocycles. The van der Waals surface area contributed by atoms with Gasteiger partial charge >= 0.3 is 0 Å². The van der Waals surface area contributed by atoms with E-state index in [9.17, 15) is 0 Å². The summed E-state index contributed by atoms with van der Waals surface area (Å²) in [6.45, 7) is 1.94. The minimum absolute atomic E-state index is 0.520. The van der Waals surface area contributed by atoms with E-state index in [1.807, 2.05) is 17.4 Å². The molecule has 3 nitrogen and oxygen atoms in total. The first-order valence-corrected chi connectivity index (χ1v) is 8.05. The Morgan fingerprint density at radius 3 is 3.00 bits per heavy atom. The Bertz CT molecular complexity index is 456. The van der Waals surface area contributed by atoms with E-state index in [1.54, 1.807) is 6.07 Å². The van der Waals surface area contributed by atoms with Crippen LogP contribution < -0.4 is 0 Å². The first kappa shape index (κ1) is 9.62. The van der Waals surface area contributed by atoms with E-state index in [4.69, 9.17) is 11.6 Å². The van der Waals surface area contributed by atoms with Gasteiger partial charge in [0.1, 0.15) is 10.7 Å². The van der Waals surface area contributed by atoms with Crippen molar-refractivity contribution in [3.8, 4) is 0 Å². The van der Waals surface area contributed by atoms with Crippen molar-refractivity contribution in [3.05, 3.63) is 23.0 Å². The highest BCUT2D eigenvalue weighted by Crippen LogP contribution is 2.29. The van der Waals surface area contributed by atoms with Crippen LogP contribution in [0.4, 0.5) is 0 Å². The number of hydrogen-bond donors (Lipinski definition) is 0. The Morgan fingerprint density at radius 1 is 1.54 bits per heavy atom. The number of fused-ring (bicyclic) bond motifs is 1. The molecule has 1 unspecified atom stereocenters. The van der Waals surface area contributed by atoms with Crippen LogP contribution in [0.2, 0.25) is 5.15 Å². The summed E-state index contributed by atoms with van der Waals surface area (Å²) >= 11 is 8.09. The molecule has 2 aromatic heterocycles. The quantitative estimate of drug-likeness (QED) is 0.458. The maximum atomic E-state index is 5.80. The number of nitrogens with zero attached hydrogens (tertiary/aromatic N) is 3. The average Bonchev–Trinajstić information content (AvgIpc) is 2.43. The fourth-order valence-electron chi connectivity index (χ4n) is 1.18. The van der Waals surface area contributed by atoms with E-state index in [2.05, 4.69) is 32.1 Å². The number of pyridine rings is 1. The molecule has 6 heteroatoms. The van der Waals surface area contributed by atoms with Crippen LogP contribution in [0.3, 0.4) is 0 Å². The van der Waals surface area contributed by atoms with E-state index in [0.29, 0.717) is 11.5 Å². The second kappa shape index (κ2) is 3.67. The van der Waals surface area contributed by atoms with Crippen LogP contribution in [0.1, 0.15) is 5.69 Å². The standard InChI is InChI=1S/C7H6ClIN3P/c1-4-7-5(12(11-4)13-9)2-3-6(8)10-7/h2-3,13H,1H3. The summed E-state index contributed by atoms with van der Waals surface area (Å²) in [5.41, 5.74) is 2.88. The van der Waals surface area contributed by atoms with Crippen molar-refractivity contribution in [3.63, 3.8) is 0 Å². The van der Waals surface area contributed by atoms with Gasteiger partial charge in [0.05, 0.1) is 17.6 Å². The lowest BCUT2D eigenvalue weighted by Gasteiger charge is -1.95. The van der Waals surface area contributed by atoms with Crippen LogP contribution in [0, 0.1) is 6.92 Å². The van der Waals surface area contributed by atoms with Crippen LogP contribution in [-0.2, 0) is 0 Å². The molecule has 0 bridgehead atoms. The third-order valence-electron chi connectivity index (χ3n) is 1.74. The molecule has 68 valence electrons. The third-order valence-corrected chi connectivity index (χ3v) is 3.82. The molecule has 0 radical (unpaired) electrons. The van der Waals surface area contributed by atoms with Crippen molar-refractivity contribution >= 4 is 51.0 Å². The summed E-state index contributed by atoms with van der Waals surface area (Å²) in [5.74, 6) is 0. The Labute approximate surface area is 95.2 Å². The molecule has 0 aromatic carbocycles.